The smallest absolute Gasteiger partial charge is 0.251 e. The molecule has 1 aliphatic carbocycles. The minimum Gasteiger partial charge on any atom is -0.492 e. The standard InChI is InChI=1S/C27H38N2O2/c1-20(2)29(5)16-17-31-25-10-6-8-23(18-25)21-11-13-22(14-12-21)26(30)28-19-24-9-7-15-27(24,3)4/h6,8,10-14,18,20,24H,7,9,15-17,19H2,1-5H3,(H,28,30). The lowest BCUT2D eigenvalue weighted by molar-refractivity contribution is 0.0937. The predicted octanol–water partition coefficient (Wildman–Crippen LogP) is 5.63. The second-order valence-corrected chi connectivity index (χ2v) is 9.82. The molecule has 2 aromatic carbocycles. The van der Waals surface area contributed by atoms with Crippen molar-refractivity contribution in [2.24, 2.45) is 11.3 Å². The summed E-state index contributed by atoms with van der Waals surface area (Å²) in [7, 11) is 2.11. The van der Waals surface area contributed by atoms with Gasteiger partial charge in [0, 0.05) is 24.7 Å². The first-order valence-electron chi connectivity index (χ1n) is 11.6. The third kappa shape index (κ3) is 6.33. The average Bonchev–Trinajstić information content (AvgIpc) is 3.10. The fraction of sp³-hybridized carbons (Fsp3) is 0.519. The molecule has 31 heavy (non-hydrogen) atoms. The molecule has 0 radical (unpaired) electrons. The minimum atomic E-state index is 0.0145. The number of carbonyl (C=O) groups is 1. The highest BCUT2D eigenvalue weighted by molar-refractivity contribution is 5.94. The number of nitrogens with one attached hydrogen (secondary N) is 1. The van der Waals surface area contributed by atoms with Crippen LogP contribution >= 0.6 is 0 Å². The Hall–Kier alpha value is -2.33. The normalized spacial score (nSPS) is 17.8. The van der Waals surface area contributed by atoms with Gasteiger partial charge in [-0.3, -0.25) is 4.79 Å². The van der Waals surface area contributed by atoms with Crippen molar-refractivity contribution in [3.05, 3.63) is 54.1 Å². The first-order chi connectivity index (χ1) is 14.8. The number of benzene rings is 2. The lowest BCUT2D eigenvalue weighted by atomic mass is 9.82. The van der Waals surface area contributed by atoms with E-state index in [0.29, 0.717) is 29.5 Å². The highest BCUT2D eigenvalue weighted by Gasteiger charge is 2.34. The van der Waals surface area contributed by atoms with Crippen LogP contribution in [0.5, 0.6) is 5.75 Å². The molecule has 1 N–H and O–H groups in total. The third-order valence-corrected chi connectivity index (χ3v) is 6.90. The molecule has 1 unspecified atom stereocenters. The molecule has 4 nitrogen and oxygen atoms in total. The molecule has 0 spiro atoms. The lowest BCUT2D eigenvalue weighted by Crippen LogP contribution is -2.33. The van der Waals surface area contributed by atoms with E-state index in [1.807, 2.05) is 36.4 Å². The van der Waals surface area contributed by atoms with E-state index in [9.17, 15) is 4.79 Å². The van der Waals surface area contributed by atoms with Crippen molar-refractivity contribution in [1.82, 2.24) is 10.2 Å². The van der Waals surface area contributed by atoms with Crippen molar-refractivity contribution >= 4 is 5.91 Å². The highest BCUT2D eigenvalue weighted by atomic mass is 16.5. The zero-order valence-electron chi connectivity index (χ0n) is 19.8. The Balaban J connectivity index is 1.56. The quantitative estimate of drug-likeness (QED) is 0.569. The van der Waals surface area contributed by atoms with Crippen molar-refractivity contribution < 1.29 is 9.53 Å². The second kappa shape index (κ2) is 10.3. The molecule has 4 heteroatoms. The van der Waals surface area contributed by atoms with Gasteiger partial charge in [-0.05, 0) is 80.5 Å². The van der Waals surface area contributed by atoms with E-state index in [2.05, 4.69) is 57.1 Å². The van der Waals surface area contributed by atoms with Crippen molar-refractivity contribution in [1.29, 1.82) is 0 Å². The third-order valence-electron chi connectivity index (χ3n) is 6.90. The Kier molecular flexibility index (Phi) is 7.77. The Morgan fingerprint density at radius 1 is 1.16 bits per heavy atom. The van der Waals surface area contributed by atoms with Gasteiger partial charge in [0.25, 0.3) is 5.91 Å². The van der Waals surface area contributed by atoms with Crippen LogP contribution in [-0.4, -0.2) is 43.6 Å². The molecule has 1 amide bonds. The number of likely N-dealkylation sites (N-methyl/N-ethyl adjacent to an activating group) is 1. The summed E-state index contributed by atoms with van der Waals surface area (Å²) in [6.45, 7) is 11.3. The Bertz CT molecular complexity index is 858. The molecule has 0 saturated heterocycles. The van der Waals surface area contributed by atoms with Crippen molar-refractivity contribution in [3.63, 3.8) is 0 Å². The molecule has 1 aliphatic rings. The van der Waals surface area contributed by atoms with Crippen LogP contribution in [0.2, 0.25) is 0 Å². The topological polar surface area (TPSA) is 41.6 Å². The van der Waals surface area contributed by atoms with Crippen LogP contribution in [-0.2, 0) is 0 Å². The molecule has 0 aromatic heterocycles. The molecule has 3 rings (SSSR count). The van der Waals surface area contributed by atoms with Crippen molar-refractivity contribution in [2.75, 3.05) is 26.7 Å². The number of nitrogens with zero attached hydrogens (tertiary/aromatic N) is 1. The molecular weight excluding hydrogens is 384 g/mol. The monoisotopic (exact) mass is 422 g/mol. The van der Waals surface area contributed by atoms with Gasteiger partial charge in [0.05, 0.1) is 0 Å². The van der Waals surface area contributed by atoms with E-state index in [1.165, 1.54) is 19.3 Å². The van der Waals surface area contributed by atoms with Crippen LogP contribution in [0.25, 0.3) is 11.1 Å². The van der Waals surface area contributed by atoms with Gasteiger partial charge in [0.1, 0.15) is 12.4 Å². The molecular formula is C27H38N2O2. The van der Waals surface area contributed by atoms with Crippen LogP contribution in [0.1, 0.15) is 57.3 Å². The van der Waals surface area contributed by atoms with Gasteiger partial charge in [0.2, 0.25) is 0 Å². The summed E-state index contributed by atoms with van der Waals surface area (Å²) in [6.07, 6.45) is 3.72. The number of amides is 1. The maximum Gasteiger partial charge on any atom is 0.251 e. The van der Waals surface area contributed by atoms with Gasteiger partial charge in [-0.2, -0.15) is 0 Å². The van der Waals surface area contributed by atoms with Gasteiger partial charge in [-0.1, -0.05) is 44.5 Å². The summed E-state index contributed by atoms with van der Waals surface area (Å²) in [5.41, 5.74) is 3.21. The summed E-state index contributed by atoms with van der Waals surface area (Å²) in [4.78, 5) is 14.9. The first kappa shape index (κ1) is 23.3. The van der Waals surface area contributed by atoms with Crippen molar-refractivity contribution in [3.8, 4) is 16.9 Å². The van der Waals surface area contributed by atoms with Gasteiger partial charge in [-0.25, -0.2) is 0 Å². The van der Waals surface area contributed by atoms with Crippen LogP contribution < -0.4 is 10.1 Å². The summed E-state index contributed by atoms with van der Waals surface area (Å²) >= 11 is 0. The number of hydrogen-bond acceptors (Lipinski definition) is 3. The number of carbonyl (C=O) groups excluding carboxylic acids is 1. The Labute approximate surface area is 188 Å². The van der Waals surface area contributed by atoms with E-state index in [4.69, 9.17) is 4.74 Å². The summed E-state index contributed by atoms with van der Waals surface area (Å²) in [5, 5.41) is 3.14. The fourth-order valence-corrected chi connectivity index (χ4v) is 4.24. The Morgan fingerprint density at radius 2 is 1.90 bits per heavy atom. The number of hydrogen-bond donors (Lipinski definition) is 1. The van der Waals surface area contributed by atoms with Crippen LogP contribution in [0.3, 0.4) is 0 Å². The molecule has 1 saturated carbocycles. The molecule has 0 heterocycles. The molecule has 168 valence electrons. The summed E-state index contributed by atoms with van der Waals surface area (Å²) in [5.74, 6) is 1.45. The first-order valence-corrected chi connectivity index (χ1v) is 11.6. The highest BCUT2D eigenvalue weighted by Crippen LogP contribution is 2.42. The molecule has 1 fully saturated rings. The van der Waals surface area contributed by atoms with Crippen LogP contribution in [0.15, 0.2) is 48.5 Å². The van der Waals surface area contributed by atoms with Gasteiger partial charge < -0.3 is 15.0 Å². The minimum absolute atomic E-state index is 0.0145. The zero-order valence-corrected chi connectivity index (χ0v) is 19.8. The molecule has 0 bridgehead atoms. The van der Waals surface area contributed by atoms with E-state index < -0.39 is 0 Å². The van der Waals surface area contributed by atoms with Crippen LogP contribution in [0.4, 0.5) is 0 Å². The molecule has 1 atom stereocenters. The van der Waals surface area contributed by atoms with E-state index >= 15 is 0 Å². The van der Waals surface area contributed by atoms with Gasteiger partial charge in [-0.15, -0.1) is 0 Å². The average molecular weight is 423 g/mol. The SMILES string of the molecule is CC(C)N(C)CCOc1cccc(-c2ccc(C(=O)NCC3CCCC3(C)C)cc2)c1. The van der Waals surface area contributed by atoms with Crippen LogP contribution in [0, 0.1) is 11.3 Å². The van der Waals surface area contributed by atoms with E-state index in [1.54, 1.807) is 0 Å². The van der Waals surface area contributed by atoms with Gasteiger partial charge in [0.15, 0.2) is 0 Å². The predicted molar refractivity (Wildman–Crippen MR) is 129 cm³/mol. The van der Waals surface area contributed by atoms with E-state index in [0.717, 1.165) is 30.0 Å². The molecule has 0 aliphatic heterocycles. The summed E-state index contributed by atoms with van der Waals surface area (Å²) in [6, 6.07) is 16.5. The Morgan fingerprint density at radius 3 is 2.55 bits per heavy atom. The van der Waals surface area contributed by atoms with Gasteiger partial charge >= 0.3 is 0 Å². The largest absolute Gasteiger partial charge is 0.492 e. The lowest BCUT2D eigenvalue weighted by Gasteiger charge is -2.27. The number of ether oxygens (including phenoxy) is 1. The second-order valence-electron chi connectivity index (χ2n) is 9.82. The maximum atomic E-state index is 12.6. The fourth-order valence-electron chi connectivity index (χ4n) is 4.24. The number of rotatable bonds is 9. The maximum absolute atomic E-state index is 12.6. The molecule has 2 aromatic rings. The summed E-state index contributed by atoms with van der Waals surface area (Å²) < 4.78 is 5.94. The van der Waals surface area contributed by atoms with E-state index in [-0.39, 0.29) is 5.91 Å². The zero-order chi connectivity index (χ0) is 22.4. The van der Waals surface area contributed by atoms with Crippen molar-refractivity contribution in [2.45, 2.75) is 53.0 Å².